The van der Waals surface area contributed by atoms with Crippen molar-refractivity contribution in [1.82, 2.24) is 5.32 Å². The maximum absolute atomic E-state index is 10.9. The van der Waals surface area contributed by atoms with Gasteiger partial charge in [-0.3, -0.25) is 0 Å². The van der Waals surface area contributed by atoms with E-state index in [1.165, 1.54) is 6.26 Å². The van der Waals surface area contributed by atoms with Gasteiger partial charge in [-0.1, -0.05) is 0 Å². The van der Waals surface area contributed by atoms with Gasteiger partial charge in [0.05, 0.1) is 18.5 Å². The number of rotatable bonds is 5. The molecule has 4 nitrogen and oxygen atoms in total. The van der Waals surface area contributed by atoms with E-state index in [1.54, 1.807) is 0 Å². The van der Waals surface area contributed by atoms with Gasteiger partial charge in [0.1, 0.15) is 9.84 Å². The van der Waals surface area contributed by atoms with Gasteiger partial charge in [-0.2, -0.15) is 0 Å². The Hall–Kier alpha value is -0.130. The molecule has 15 heavy (non-hydrogen) atoms. The summed E-state index contributed by atoms with van der Waals surface area (Å²) in [7, 11) is -0.896. The highest BCUT2D eigenvalue weighted by molar-refractivity contribution is 7.90. The lowest BCUT2D eigenvalue weighted by Crippen LogP contribution is -2.33. The molecule has 5 heteroatoms. The molecule has 1 aliphatic rings. The zero-order valence-electron chi connectivity index (χ0n) is 9.53. The van der Waals surface area contributed by atoms with E-state index in [0.717, 1.165) is 25.7 Å². The van der Waals surface area contributed by atoms with Crippen LogP contribution in [0, 0.1) is 0 Å². The fourth-order valence-corrected chi connectivity index (χ4v) is 2.28. The van der Waals surface area contributed by atoms with Crippen LogP contribution in [0.3, 0.4) is 0 Å². The molecule has 1 rings (SSSR count). The van der Waals surface area contributed by atoms with Crippen molar-refractivity contribution in [2.24, 2.45) is 0 Å². The smallest absolute Gasteiger partial charge is 0.149 e. The van der Waals surface area contributed by atoms with Crippen molar-refractivity contribution in [3.8, 4) is 0 Å². The number of hydrogen-bond donors (Lipinski definition) is 1. The molecule has 0 spiro atoms. The highest BCUT2D eigenvalue weighted by Gasteiger charge is 2.20. The zero-order valence-corrected chi connectivity index (χ0v) is 10.3. The fourth-order valence-electron chi connectivity index (χ4n) is 1.88. The minimum atomic E-state index is -2.88. The Bertz CT molecular complexity index is 268. The molecule has 0 unspecified atom stereocenters. The SMILES string of the molecule is CNC1CCC(OCCS(C)(=O)=O)CC1. The van der Waals surface area contributed by atoms with Gasteiger partial charge in [-0.05, 0) is 32.7 Å². The summed E-state index contributed by atoms with van der Waals surface area (Å²) in [6, 6.07) is 0.611. The summed E-state index contributed by atoms with van der Waals surface area (Å²) in [5.74, 6) is 0.138. The maximum Gasteiger partial charge on any atom is 0.149 e. The van der Waals surface area contributed by atoms with E-state index in [4.69, 9.17) is 4.74 Å². The lowest BCUT2D eigenvalue weighted by Gasteiger charge is -2.28. The van der Waals surface area contributed by atoms with Crippen LogP contribution in [-0.2, 0) is 14.6 Å². The molecule has 0 aromatic heterocycles. The molecular formula is C10H21NO3S. The second-order valence-corrected chi connectivity index (χ2v) is 6.52. The molecule has 0 radical (unpaired) electrons. The molecule has 1 N–H and O–H groups in total. The van der Waals surface area contributed by atoms with Crippen LogP contribution >= 0.6 is 0 Å². The molecule has 0 bridgehead atoms. The van der Waals surface area contributed by atoms with E-state index >= 15 is 0 Å². The predicted molar refractivity (Wildman–Crippen MR) is 60.8 cm³/mol. The van der Waals surface area contributed by atoms with E-state index in [0.29, 0.717) is 12.6 Å². The molecular weight excluding hydrogens is 214 g/mol. The Morgan fingerprint density at radius 3 is 2.33 bits per heavy atom. The van der Waals surface area contributed by atoms with Crippen molar-refractivity contribution in [3.05, 3.63) is 0 Å². The average Bonchev–Trinajstić information content (AvgIpc) is 2.17. The van der Waals surface area contributed by atoms with Gasteiger partial charge in [0.15, 0.2) is 0 Å². The quantitative estimate of drug-likeness (QED) is 0.757. The zero-order chi connectivity index (χ0) is 11.3. The summed E-state index contributed by atoms with van der Waals surface area (Å²) >= 11 is 0. The van der Waals surface area contributed by atoms with Crippen molar-refractivity contribution in [2.75, 3.05) is 25.7 Å². The first-order valence-electron chi connectivity index (χ1n) is 5.48. The van der Waals surface area contributed by atoms with Crippen molar-refractivity contribution in [3.63, 3.8) is 0 Å². The monoisotopic (exact) mass is 235 g/mol. The largest absolute Gasteiger partial charge is 0.377 e. The molecule has 0 amide bonds. The molecule has 0 saturated heterocycles. The van der Waals surface area contributed by atoms with Crippen molar-refractivity contribution in [1.29, 1.82) is 0 Å². The second-order valence-electron chi connectivity index (χ2n) is 4.26. The molecule has 90 valence electrons. The van der Waals surface area contributed by atoms with E-state index in [9.17, 15) is 8.42 Å². The second kappa shape index (κ2) is 5.82. The Balaban J connectivity index is 2.14. The van der Waals surface area contributed by atoms with E-state index in [2.05, 4.69) is 5.32 Å². The molecule has 0 aromatic rings. The molecule has 0 aliphatic heterocycles. The summed E-state index contributed by atoms with van der Waals surface area (Å²) in [5.41, 5.74) is 0. The van der Waals surface area contributed by atoms with E-state index in [-0.39, 0.29) is 11.9 Å². The van der Waals surface area contributed by atoms with Crippen molar-refractivity contribution >= 4 is 9.84 Å². The first kappa shape index (κ1) is 12.9. The molecule has 1 saturated carbocycles. The predicted octanol–water partition coefficient (Wildman–Crippen LogP) is 0.578. The van der Waals surface area contributed by atoms with Gasteiger partial charge in [0, 0.05) is 12.3 Å². The lowest BCUT2D eigenvalue weighted by atomic mass is 9.93. The molecule has 0 heterocycles. The first-order chi connectivity index (χ1) is 7.01. The van der Waals surface area contributed by atoms with Gasteiger partial charge in [0.25, 0.3) is 0 Å². The summed E-state index contributed by atoms with van der Waals surface area (Å²) in [4.78, 5) is 0. The number of nitrogens with one attached hydrogen (secondary N) is 1. The van der Waals surface area contributed by atoms with Gasteiger partial charge in [-0.15, -0.1) is 0 Å². The molecule has 1 aliphatic carbocycles. The molecule has 1 fully saturated rings. The van der Waals surface area contributed by atoms with Crippen LogP contribution in [0.1, 0.15) is 25.7 Å². The normalized spacial score (nSPS) is 27.9. The molecule has 0 atom stereocenters. The molecule has 0 aromatic carbocycles. The van der Waals surface area contributed by atoms with E-state index in [1.807, 2.05) is 7.05 Å². The Labute approximate surface area is 92.3 Å². The highest BCUT2D eigenvalue weighted by atomic mass is 32.2. The summed E-state index contributed by atoms with van der Waals surface area (Å²) < 4.78 is 27.3. The third-order valence-corrected chi connectivity index (χ3v) is 3.80. The Morgan fingerprint density at radius 2 is 1.87 bits per heavy atom. The minimum absolute atomic E-state index is 0.138. The Kier molecular flexibility index (Phi) is 5.02. The maximum atomic E-state index is 10.9. The van der Waals surface area contributed by atoms with Crippen LogP contribution in [0.5, 0.6) is 0 Å². The number of sulfone groups is 1. The van der Waals surface area contributed by atoms with Crippen LogP contribution in [0.25, 0.3) is 0 Å². The van der Waals surface area contributed by atoms with Gasteiger partial charge in [0.2, 0.25) is 0 Å². The average molecular weight is 235 g/mol. The highest BCUT2D eigenvalue weighted by Crippen LogP contribution is 2.20. The third kappa shape index (κ3) is 5.49. The van der Waals surface area contributed by atoms with E-state index < -0.39 is 9.84 Å². The standard InChI is InChI=1S/C10H21NO3S/c1-11-9-3-5-10(6-4-9)14-7-8-15(2,12)13/h9-11H,3-8H2,1-2H3. The van der Waals surface area contributed by atoms with Crippen LogP contribution in [0.15, 0.2) is 0 Å². The van der Waals surface area contributed by atoms with Gasteiger partial charge < -0.3 is 10.1 Å². The van der Waals surface area contributed by atoms with Gasteiger partial charge in [-0.25, -0.2) is 8.42 Å². The fraction of sp³-hybridized carbons (Fsp3) is 1.00. The van der Waals surface area contributed by atoms with Crippen LogP contribution in [0.2, 0.25) is 0 Å². The van der Waals surface area contributed by atoms with Crippen LogP contribution in [-0.4, -0.2) is 46.2 Å². The number of ether oxygens (including phenoxy) is 1. The lowest BCUT2D eigenvalue weighted by molar-refractivity contribution is 0.0321. The topological polar surface area (TPSA) is 55.4 Å². The Morgan fingerprint density at radius 1 is 1.27 bits per heavy atom. The summed E-state index contributed by atoms with van der Waals surface area (Å²) in [6.45, 7) is 0.341. The van der Waals surface area contributed by atoms with Crippen molar-refractivity contribution < 1.29 is 13.2 Å². The summed E-state index contributed by atoms with van der Waals surface area (Å²) in [5, 5.41) is 3.25. The third-order valence-electron chi connectivity index (χ3n) is 2.89. The van der Waals surface area contributed by atoms with Crippen LogP contribution < -0.4 is 5.32 Å². The van der Waals surface area contributed by atoms with Gasteiger partial charge >= 0.3 is 0 Å². The summed E-state index contributed by atoms with van der Waals surface area (Å²) in [6.07, 6.45) is 5.83. The first-order valence-corrected chi connectivity index (χ1v) is 7.54. The van der Waals surface area contributed by atoms with Crippen LogP contribution in [0.4, 0.5) is 0 Å². The minimum Gasteiger partial charge on any atom is -0.377 e. The number of hydrogen-bond acceptors (Lipinski definition) is 4. The van der Waals surface area contributed by atoms with Crippen molar-refractivity contribution in [2.45, 2.75) is 37.8 Å².